The molecule has 0 aliphatic carbocycles. The Hall–Kier alpha value is -0.740. The fourth-order valence-electron chi connectivity index (χ4n) is 4.73. The summed E-state index contributed by atoms with van der Waals surface area (Å²) in [6.45, 7) is 21.1. The molecule has 2 aromatic rings. The maximum Gasteiger partial charge on any atom is 0.0649 e. The van der Waals surface area contributed by atoms with Gasteiger partial charge < -0.3 is 5.73 Å². The van der Waals surface area contributed by atoms with Crippen molar-refractivity contribution < 1.29 is 0 Å². The monoisotopic (exact) mass is 429 g/mol. The molecule has 0 saturated heterocycles. The zero-order chi connectivity index (χ0) is 21.9. The van der Waals surface area contributed by atoms with Crippen LogP contribution in [0.1, 0.15) is 73.4 Å². The van der Waals surface area contributed by atoms with Gasteiger partial charge in [-0.2, -0.15) is 0 Å². The lowest BCUT2D eigenvalue weighted by molar-refractivity contribution is 0.610. The van der Waals surface area contributed by atoms with Gasteiger partial charge in [-0.05, 0) is 51.3 Å². The van der Waals surface area contributed by atoms with Crippen LogP contribution >= 0.6 is 15.8 Å². The first-order chi connectivity index (χ1) is 13.5. The van der Waals surface area contributed by atoms with Crippen molar-refractivity contribution in [1.82, 2.24) is 0 Å². The molecule has 0 radical (unpaired) electrons. The third kappa shape index (κ3) is 5.31. The maximum absolute atomic E-state index is 7.26. The van der Waals surface area contributed by atoms with Gasteiger partial charge in [-0.1, -0.05) is 120 Å². The average molecular weight is 430 g/mol. The van der Waals surface area contributed by atoms with Crippen molar-refractivity contribution in [2.75, 3.05) is 0 Å². The summed E-state index contributed by atoms with van der Waals surface area (Å²) in [6, 6.07) is 17.9. The molecule has 29 heavy (non-hydrogen) atoms. The fraction of sp³-hybridized carbons (Fsp3) is 0.538. The van der Waals surface area contributed by atoms with E-state index in [1.165, 1.54) is 21.7 Å². The van der Waals surface area contributed by atoms with Crippen molar-refractivity contribution in [1.29, 1.82) is 0 Å². The number of hydrogen-bond donors (Lipinski definition) is 1. The van der Waals surface area contributed by atoms with Crippen molar-refractivity contribution in [3.63, 3.8) is 0 Å². The summed E-state index contributed by atoms with van der Waals surface area (Å²) in [4.78, 5) is 0. The van der Waals surface area contributed by atoms with E-state index in [9.17, 15) is 0 Å². The highest BCUT2D eigenvalue weighted by molar-refractivity contribution is 7.67. The molecule has 2 aromatic carbocycles. The summed E-state index contributed by atoms with van der Waals surface area (Å²) < 4.78 is 0. The summed E-state index contributed by atoms with van der Waals surface area (Å²) in [7, 11) is -0.548. The van der Waals surface area contributed by atoms with Gasteiger partial charge in [0.05, 0.1) is 5.54 Å². The van der Waals surface area contributed by atoms with Crippen LogP contribution in [-0.4, -0.2) is 22.6 Å². The summed E-state index contributed by atoms with van der Waals surface area (Å²) in [5.41, 5.74) is 11.9. The van der Waals surface area contributed by atoms with E-state index in [0.29, 0.717) is 22.6 Å². The molecule has 0 heterocycles. The molecular weight excluding hydrogens is 388 g/mol. The van der Waals surface area contributed by atoms with Gasteiger partial charge in [-0.3, -0.25) is 0 Å². The highest BCUT2D eigenvalue weighted by atomic mass is 31.1. The van der Waals surface area contributed by atoms with E-state index < -0.39 is 5.54 Å². The smallest absolute Gasteiger partial charge is 0.0649 e. The Labute approximate surface area is 182 Å². The Kier molecular flexibility index (Phi) is 8.50. The van der Waals surface area contributed by atoms with Gasteiger partial charge >= 0.3 is 0 Å². The van der Waals surface area contributed by atoms with E-state index in [4.69, 9.17) is 5.73 Å². The fourth-order valence-corrected chi connectivity index (χ4v) is 11.0. The lowest BCUT2D eigenvalue weighted by Gasteiger charge is -2.37. The minimum atomic E-state index is -0.498. The van der Waals surface area contributed by atoms with Crippen LogP contribution in [0, 0.1) is 0 Å². The second-order valence-electron chi connectivity index (χ2n) is 9.43. The molecule has 3 heteroatoms. The topological polar surface area (TPSA) is 26.0 Å². The minimum Gasteiger partial charge on any atom is -0.318 e. The number of hydrogen-bond acceptors (Lipinski definition) is 1. The van der Waals surface area contributed by atoms with E-state index >= 15 is 0 Å². The standard InChI is InChI=1S/C26H41NP2/c1-18(2)28(19(3)4)24-16-12-10-14-22(24)26(9,27)23-15-11-13-17-25(23)29(20(5)6)21(7)8/h10-21H,27H2,1-9H3. The molecule has 0 aliphatic rings. The zero-order valence-corrected chi connectivity index (χ0v) is 21.7. The molecule has 0 aliphatic heterocycles. The van der Waals surface area contributed by atoms with Crippen LogP contribution in [0.2, 0.25) is 0 Å². The third-order valence-electron chi connectivity index (χ3n) is 5.71. The van der Waals surface area contributed by atoms with Crippen molar-refractivity contribution in [3.05, 3.63) is 59.7 Å². The Morgan fingerprint density at radius 3 is 1.14 bits per heavy atom. The van der Waals surface area contributed by atoms with Crippen LogP contribution in [0.4, 0.5) is 0 Å². The van der Waals surface area contributed by atoms with Gasteiger partial charge in [-0.25, -0.2) is 0 Å². The molecule has 1 nitrogen and oxygen atoms in total. The number of benzene rings is 2. The summed E-state index contributed by atoms with van der Waals surface area (Å²) in [6.07, 6.45) is 0. The van der Waals surface area contributed by atoms with Crippen molar-refractivity contribution in [2.45, 2.75) is 90.5 Å². The van der Waals surface area contributed by atoms with Crippen molar-refractivity contribution in [2.24, 2.45) is 5.73 Å². The van der Waals surface area contributed by atoms with E-state index in [1.807, 2.05) is 0 Å². The van der Waals surface area contributed by atoms with Crippen LogP contribution in [-0.2, 0) is 5.54 Å². The van der Waals surface area contributed by atoms with Crippen LogP contribution in [0.5, 0.6) is 0 Å². The van der Waals surface area contributed by atoms with Gasteiger partial charge in [0.15, 0.2) is 0 Å². The molecule has 0 aromatic heterocycles. The third-order valence-corrected chi connectivity index (χ3v) is 12.1. The minimum absolute atomic E-state index is 0.274. The molecule has 0 spiro atoms. The predicted molar refractivity (Wildman–Crippen MR) is 137 cm³/mol. The van der Waals surface area contributed by atoms with Crippen LogP contribution in [0.3, 0.4) is 0 Å². The van der Waals surface area contributed by atoms with Gasteiger partial charge in [-0.15, -0.1) is 0 Å². The first kappa shape index (κ1) is 24.5. The Morgan fingerprint density at radius 2 is 0.862 bits per heavy atom. The quantitative estimate of drug-likeness (QED) is 0.461. The second kappa shape index (κ2) is 10.0. The normalized spacial score (nSPS) is 13.0. The van der Waals surface area contributed by atoms with Gasteiger partial charge in [0.1, 0.15) is 0 Å². The van der Waals surface area contributed by atoms with Crippen LogP contribution in [0.25, 0.3) is 0 Å². The number of nitrogens with two attached hydrogens (primary N) is 1. The summed E-state index contributed by atoms with van der Waals surface area (Å²) >= 11 is 0. The Bertz CT molecular complexity index is 711. The SMILES string of the molecule is CC(C)P(c1ccccc1C(C)(N)c1ccccc1P(C(C)C)C(C)C)C(C)C. The predicted octanol–water partition coefficient (Wildman–Crippen LogP) is 6.76. The van der Waals surface area contributed by atoms with Crippen LogP contribution in [0.15, 0.2) is 48.5 Å². The van der Waals surface area contributed by atoms with E-state index in [1.54, 1.807) is 0 Å². The van der Waals surface area contributed by atoms with Crippen molar-refractivity contribution >= 4 is 26.5 Å². The maximum atomic E-state index is 7.26. The van der Waals surface area contributed by atoms with Gasteiger partial charge in [0.25, 0.3) is 0 Å². The Balaban J connectivity index is 2.70. The van der Waals surface area contributed by atoms with Crippen molar-refractivity contribution in [3.8, 4) is 0 Å². The largest absolute Gasteiger partial charge is 0.318 e. The van der Waals surface area contributed by atoms with Gasteiger partial charge in [0, 0.05) is 0 Å². The lowest BCUT2D eigenvalue weighted by Crippen LogP contribution is -2.42. The summed E-state index contributed by atoms with van der Waals surface area (Å²) in [5.74, 6) is 0. The van der Waals surface area contributed by atoms with E-state index in [2.05, 4.69) is 111 Å². The first-order valence-electron chi connectivity index (χ1n) is 11.0. The van der Waals surface area contributed by atoms with E-state index in [-0.39, 0.29) is 15.8 Å². The molecule has 0 saturated carbocycles. The van der Waals surface area contributed by atoms with Gasteiger partial charge in [0.2, 0.25) is 0 Å². The molecule has 0 atom stereocenters. The molecule has 0 amide bonds. The number of rotatable bonds is 8. The molecule has 0 fully saturated rings. The molecule has 0 unspecified atom stereocenters. The molecule has 160 valence electrons. The Morgan fingerprint density at radius 1 is 0.586 bits per heavy atom. The average Bonchev–Trinajstić information content (AvgIpc) is 2.61. The highest BCUT2D eigenvalue weighted by Crippen LogP contribution is 2.49. The molecule has 2 N–H and O–H groups in total. The second-order valence-corrected chi connectivity index (χ2v) is 16.2. The first-order valence-corrected chi connectivity index (χ1v) is 14.0. The zero-order valence-electron chi connectivity index (χ0n) is 19.9. The van der Waals surface area contributed by atoms with E-state index in [0.717, 1.165) is 0 Å². The molecule has 2 rings (SSSR count). The molecular formula is C26H41NP2. The summed E-state index contributed by atoms with van der Waals surface area (Å²) in [5, 5.41) is 2.96. The lowest BCUT2D eigenvalue weighted by atomic mass is 9.85. The van der Waals surface area contributed by atoms with Crippen LogP contribution < -0.4 is 16.3 Å². The highest BCUT2D eigenvalue weighted by Gasteiger charge is 2.34. The molecule has 0 bridgehead atoms.